The van der Waals surface area contributed by atoms with Crippen LogP contribution in [0.3, 0.4) is 0 Å². The zero-order chi connectivity index (χ0) is 15.0. The maximum Gasteiger partial charge on any atom is 0.337 e. The molecule has 5 heteroatoms. The number of rotatable bonds is 4. The molecule has 0 radical (unpaired) electrons. The third-order valence-corrected chi connectivity index (χ3v) is 4.69. The molecule has 112 valence electrons. The van der Waals surface area contributed by atoms with E-state index in [0.29, 0.717) is 12.1 Å². The van der Waals surface area contributed by atoms with Crippen LogP contribution in [-0.4, -0.2) is 32.3 Å². The standard InChI is InChI=1S/C16H20N2O3/c1-11-17-14-12(15(20)21)5-4-6-13(14)18(11)9-16(10-19)7-2-3-8-16/h4-6,19H,2-3,7-10H2,1H3,(H,20,21). The van der Waals surface area contributed by atoms with Crippen LogP contribution in [0.4, 0.5) is 0 Å². The summed E-state index contributed by atoms with van der Waals surface area (Å²) in [5.41, 5.74) is 1.52. The van der Waals surface area contributed by atoms with Crippen molar-refractivity contribution in [3.63, 3.8) is 0 Å². The molecule has 1 fully saturated rings. The van der Waals surface area contributed by atoms with E-state index in [-0.39, 0.29) is 17.6 Å². The van der Waals surface area contributed by atoms with Crippen molar-refractivity contribution in [1.82, 2.24) is 9.55 Å². The average molecular weight is 288 g/mol. The van der Waals surface area contributed by atoms with E-state index in [9.17, 15) is 15.0 Å². The maximum atomic E-state index is 11.3. The summed E-state index contributed by atoms with van der Waals surface area (Å²) < 4.78 is 2.06. The average Bonchev–Trinajstić information content (AvgIpc) is 3.05. The van der Waals surface area contributed by atoms with Crippen molar-refractivity contribution in [2.75, 3.05) is 6.61 Å². The van der Waals surface area contributed by atoms with Crippen molar-refractivity contribution in [3.05, 3.63) is 29.6 Å². The summed E-state index contributed by atoms with van der Waals surface area (Å²) in [6.45, 7) is 2.77. The highest BCUT2D eigenvalue weighted by Gasteiger charge is 2.34. The Morgan fingerprint density at radius 3 is 2.71 bits per heavy atom. The zero-order valence-corrected chi connectivity index (χ0v) is 12.2. The number of aromatic nitrogens is 2. The van der Waals surface area contributed by atoms with Crippen LogP contribution in [0.5, 0.6) is 0 Å². The van der Waals surface area contributed by atoms with Crippen LogP contribution in [0.15, 0.2) is 18.2 Å². The van der Waals surface area contributed by atoms with Crippen molar-refractivity contribution in [2.24, 2.45) is 5.41 Å². The van der Waals surface area contributed by atoms with Crippen molar-refractivity contribution in [3.8, 4) is 0 Å². The van der Waals surface area contributed by atoms with Crippen LogP contribution in [-0.2, 0) is 6.54 Å². The number of carboxylic acid groups (broad SMARTS) is 1. The van der Waals surface area contributed by atoms with Crippen molar-refractivity contribution in [2.45, 2.75) is 39.2 Å². The van der Waals surface area contributed by atoms with E-state index >= 15 is 0 Å². The number of hydrogen-bond acceptors (Lipinski definition) is 3. The minimum absolute atomic E-state index is 0.0857. The Morgan fingerprint density at radius 1 is 1.38 bits per heavy atom. The van der Waals surface area contributed by atoms with Crippen LogP contribution in [0.2, 0.25) is 0 Å². The lowest BCUT2D eigenvalue weighted by atomic mass is 9.87. The van der Waals surface area contributed by atoms with Gasteiger partial charge in [-0.3, -0.25) is 0 Å². The Morgan fingerprint density at radius 2 is 2.10 bits per heavy atom. The van der Waals surface area contributed by atoms with Gasteiger partial charge in [0.15, 0.2) is 0 Å². The van der Waals surface area contributed by atoms with E-state index in [1.54, 1.807) is 12.1 Å². The number of aryl methyl sites for hydroxylation is 1. The monoisotopic (exact) mass is 288 g/mol. The third kappa shape index (κ3) is 2.31. The fourth-order valence-electron chi connectivity index (χ4n) is 3.46. The van der Waals surface area contributed by atoms with Gasteiger partial charge in [0.2, 0.25) is 0 Å². The van der Waals surface area contributed by atoms with Crippen molar-refractivity contribution < 1.29 is 15.0 Å². The molecule has 0 bridgehead atoms. The third-order valence-electron chi connectivity index (χ3n) is 4.69. The van der Waals surface area contributed by atoms with E-state index in [1.165, 1.54) is 0 Å². The molecule has 0 amide bonds. The number of imidazole rings is 1. The Balaban J connectivity index is 2.09. The molecule has 0 atom stereocenters. The van der Waals surface area contributed by atoms with Crippen LogP contribution >= 0.6 is 0 Å². The lowest BCUT2D eigenvalue weighted by molar-refractivity contribution is 0.0699. The van der Waals surface area contributed by atoms with Gasteiger partial charge in [0.05, 0.1) is 17.7 Å². The zero-order valence-electron chi connectivity index (χ0n) is 12.2. The quantitative estimate of drug-likeness (QED) is 0.906. The van der Waals surface area contributed by atoms with Gasteiger partial charge in [-0.25, -0.2) is 9.78 Å². The van der Waals surface area contributed by atoms with Crippen LogP contribution < -0.4 is 0 Å². The van der Waals surface area contributed by atoms with Crippen molar-refractivity contribution in [1.29, 1.82) is 0 Å². The number of aliphatic hydroxyl groups is 1. The highest BCUT2D eigenvalue weighted by atomic mass is 16.4. The number of hydrogen-bond donors (Lipinski definition) is 2. The van der Waals surface area contributed by atoms with Gasteiger partial charge in [-0.1, -0.05) is 18.9 Å². The van der Waals surface area contributed by atoms with Gasteiger partial charge in [-0.2, -0.15) is 0 Å². The Kier molecular flexibility index (Phi) is 3.45. The first-order chi connectivity index (χ1) is 10.1. The normalized spacial score (nSPS) is 17.4. The molecule has 3 rings (SSSR count). The maximum absolute atomic E-state index is 11.3. The predicted octanol–water partition coefficient (Wildman–Crippen LogP) is 2.60. The van der Waals surface area contributed by atoms with E-state index in [1.807, 2.05) is 13.0 Å². The van der Waals surface area contributed by atoms with Gasteiger partial charge in [-0.15, -0.1) is 0 Å². The summed E-state index contributed by atoms with van der Waals surface area (Å²) in [6.07, 6.45) is 4.32. The first kappa shape index (κ1) is 14.1. The molecule has 0 unspecified atom stereocenters. The predicted molar refractivity (Wildman–Crippen MR) is 79.4 cm³/mol. The van der Waals surface area contributed by atoms with Crippen LogP contribution in [0.25, 0.3) is 11.0 Å². The minimum Gasteiger partial charge on any atom is -0.478 e. The minimum atomic E-state index is -0.956. The van der Waals surface area contributed by atoms with Gasteiger partial charge >= 0.3 is 5.97 Å². The topological polar surface area (TPSA) is 75.3 Å². The molecule has 5 nitrogen and oxygen atoms in total. The number of carboxylic acids is 1. The largest absolute Gasteiger partial charge is 0.478 e. The molecule has 0 aliphatic heterocycles. The lowest BCUT2D eigenvalue weighted by Gasteiger charge is -2.27. The fourth-order valence-corrected chi connectivity index (χ4v) is 3.46. The smallest absolute Gasteiger partial charge is 0.337 e. The summed E-state index contributed by atoms with van der Waals surface area (Å²) in [5.74, 6) is -0.151. The van der Waals surface area contributed by atoms with Crippen LogP contribution in [0, 0.1) is 12.3 Å². The molecule has 1 heterocycles. The molecule has 1 saturated carbocycles. The summed E-state index contributed by atoms with van der Waals surface area (Å²) in [6, 6.07) is 5.24. The number of benzene rings is 1. The summed E-state index contributed by atoms with van der Waals surface area (Å²) in [7, 11) is 0. The van der Waals surface area contributed by atoms with E-state index in [2.05, 4.69) is 9.55 Å². The van der Waals surface area contributed by atoms with Gasteiger partial charge in [0.25, 0.3) is 0 Å². The van der Waals surface area contributed by atoms with Crippen molar-refractivity contribution >= 4 is 17.0 Å². The molecule has 0 spiro atoms. The number of para-hydroxylation sites is 1. The van der Waals surface area contributed by atoms with E-state index in [0.717, 1.165) is 37.0 Å². The Hall–Kier alpha value is -1.88. The molecule has 21 heavy (non-hydrogen) atoms. The molecule has 1 aromatic heterocycles. The van der Waals surface area contributed by atoms with Gasteiger partial charge < -0.3 is 14.8 Å². The lowest BCUT2D eigenvalue weighted by Crippen LogP contribution is -2.28. The summed E-state index contributed by atoms with van der Waals surface area (Å²) in [5, 5.41) is 19.1. The molecule has 0 saturated heterocycles. The Bertz CT molecular complexity index is 684. The van der Waals surface area contributed by atoms with Gasteiger partial charge in [0, 0.05) is 12.0 Å². The molecule has 2 aromatic rings. The summed E-state index contributed by atoms with van der Waals surface area (Å²) in [4.78, 5) is 15.8. The molecule has 1 aromatic carbocycles. The highest BCUT2D eigenvalue weighted by Crippen LogP contribution is 2.40. The molecule has 1 aliphatic rings. The molecular formula is C16H20N2O3. The van der Waals surface area contributed by atoms with E-state index in [4.69, 9.17) is 0 Å². The second kappa shape index (κ2) is 5.15. The SMILES string of the molecule is Cc1nc2c(C(=O)O)cccc2n1CC1(CO)CCCC1. The highest BCUT2D eigenvalue weighted by molar-refractivity contribution is 6.01. The van der Waals surface area contributed by atoms with Crippen LogP contribution in [0.1, 0.15) is 41.9 Å². The second-order valence-electron chi connectivity index (χ2n) is 6.09. The second-order valence-corrected chi connectivity index (χ2v) is 6.09. The Labute approximate surface area is 123 Å². The van der Waals surface area contributed by atoms with Gasteiger partial charge in [0.1, 0.15) is 11.3 Å². The van der Waals surface area contributed by atoms with Gasteiger partial charge in [-0.05, 0) is 31.9 Å². The molecule has 1 aliphatic carbocycles. The molecular weight excluding hydrogens is 268 g/mol. The number of aromatic carboxylic acids is 1. The molecule has 2 N–H and O–H groups in total. The fraction of sp³-hybridized carbons (Fsp3) is 0.500. The first-order valence-electron chi connectivity index (χ1n) is 7.36. The number of fused-ring (bicyclic) bond motifs is 1. The van der Waals surface area contributed by atoms with E-state index < -0.39 is 5.97 Å². The first-order valence-corrected chi connectivity index (χ1v) is 7.36. The number of aliphatic hydroxyl groups excluding tert-OH is 1. The number of carbonyl (C=O) groups is 1. The summed E-state index contributed by atoms with van der Waals surface area (Å²) >= 11 is 0. The number of nitrogens with zero attached hydrogens (tertiary/aromatic N) is 2.